The van der Waals surface area contributed by atoms with E-state index in [0.29, 0.717) is 38.3 Å². The van der Waals surface area contributed by atoms with Crippen molar-refractivity contribution in [2.24, 2.45) is 0 Å². The number of carbonyl (C=O) groups excluding carboxylic acids is 3. The Hall–Kier alpha value is -2.48. The second-order valence-electron chi connectivity index (χ2n) is 8.12. The Morgan fingerprint density at radius 2 is 1.64 bits per heavy atom. The van der Waals surface area contributed by atoms with Crippen LogP contribution < -0.4 is 5.32 Å². The molecule has 1 heterocycles. The molecule has 0 unspecified atom stereocenters. The summed E-state index contributed by atoms with van der Waals surface area (Å²) < 4.78 is 13.0. The van der Waals surface area contributed by atoms with Crippen LogP contribution in [0.15, 0.2) is 24.3 Å². The predicted octanol–water partition coefficient (Wildman–Crippen LogP) is 0.957. The number of hydrogen-bond acceptors (Lipinski definition) is 4. The molecule has 0 aliphatic carbocycles. The molecule has 1 N–H and O–H groups in total. The van der Waals surface area contributed by atoms with Gasteiger partial charge in [0.25, 0.3) is 5.91 Å². The number of halogens is 1. The van der Waals surface area contributed by atoms with Gasteiger partial charge >= 0.3 is 0 Å². The molecule has 3 amide bonds. The fourth-order valence-corrected chi connectivity index (χ4v) is 3.00. The summed E-state index contributed by atoms with van der Waals surface area (Å²) in [7, 11) is 1.55. The molecule has 0 bridgehead atoms. The van der Waals surface area contributed by atoms with Crippen molar-refractivity contribution in [2.75, 3.05) is 46.3 Å². The van der Waals surface area contributed by atoms with Gasteiger partial charge in [-0.2, -0.15) is 0 Å². The summed E-state index contributed by atoms with van der Waals surface area (Å²) in [4.78, 5) is 41.9. The minimum absolute atomic E-state index is 0.0306. The van der Waals surface area contributed by atoms with E-state index in [2.05, 4.69) is 5.32 Å². The molecule has 2 rings (SSSR count). The fraction of sp³-hybridized carbons (Fsp3) is 0.550. The van der Waals surface area contributed by atoms with Gasteiger partial charge in [-0.3, -0.25) is 19.3 Å². The Bertz CT molecular complexity index is 707. The lowest BCUT2D eigenvalue weighted by atomic mass is 10.1. The van der Waals surface area contributed by atoms with Crippen LogP contribution >= 0.6 is 0 Å². The standard InChI is InChI=1S/C20H29FN4O3/c1-20(2,3)22-17(26)13-24-9-11-25(12-10-24)18(27)14-23(4)19(28)15-5-7-16(21)8-6-15/h5-8H,9-14H2,1-4H3,(H,22,26). The van der Waals surface area contributed by atoms with Crippen molar-refractivity contribution < 1.29 is 18.8 Å². The van der Waals surface area contributed by atoms with Crippen molar-refractivity contribution in [1.82, 2.24) is 20.0 Å². The largest absolute Gasteiger partial charge is 0.350 e. The topological polar surface area (TPSA) is 73.0 Å². The molecule has 0 aromatic heterocycles. The van der Waals surface area contributed by atoms with E-state index in [-0.39, 0.29) is 29.8 Å². The summed E-state index contributed by atoms with van der Waals surface area (Å²) in [5.41, 5.74) is 0.0719. The molecule has 1 aromatic carbocycles. The highest BCUT2D eigenvalue weighted by Gasteiger charge is 2.25. The lowest BCUT2D eigenvalue weighted by molar-refractivity contribution is -0.133. The van der Waals surface area contributed by atoms with Crippen LogP contribution in [0.25, 0.3) is 0 Å². The van der Waals surface area contributed by atoms with Crippen LogP contribution in [0.5, 0.6) is 0 Å². The number of rotatable bonds is 5. The van der Waals surface area contributed by atoms with Crippen LogP contribution in [0.4, 0.5) is 4.39 Å². The van der Waals surface area contributed by atoms with Crippen molar-refractivity contribution in [3.8, 4) is 0 Å². The number of carbonyl (C=O) groups is 3. The Balaban J connectivity index is 1.79. The molecule has 7 nitrogen and oxygen atoms in total. The van der Waals surface area contributed by atoms with Crippen LogP contribution in [-0.2, 0) is 9.59 Å². The number of benzene rings is 1. The molecule has 1 saturated heterocycles. The predicted molar refractivity (Wildman–Crippen MR) is 104 cm³/mol. The van der Waals surface area contributed by atoms with E-state index >= 15 is 0 Å². The minimum Gasteiger partial charge on any atom is -0.350 e. The number of amides is 3. The molecule has 0 atom stereocenters. The number of nitrogens with one attached hydrogen (secondary N) is 1. The van der Waals surface area contributed by atoms with Gasteiger partial charge in [0, 0.05) is 44.3 Å². The van der Waals surface area contributed by atoms with Crippen LogP contribution in [-0.4, -0.2) is 84.3 Å². The number of piperazine rings is 1. The molecule has 8 heteroatoms. The SMILES string of the molecule is CN(CC(=O)N1CCN(CC(=O)NC(C)(C)C)CC1)C(=O)c1ccc(F)cc1. The maximum absolute atomic E-state index is 13.0. The van der Waals surface area contributed by atoms with Crippen LogP contribution in [0, 0.1) is 5.82 Å². The normalized spacial score (nSPS) is 15.2. The Labute approximate surface area is 165 Å². The van der Waals surface area contributed by atoms with Gasteiger partial charge in [-0.25, -0.2) is 4.39 Å². The second-order valence-corrected chi connectivity index (χ2v) is 8.12. The van der Waals surface area contributed by atoms with E-state index in [9.17, 15) is 18.8 Å². The molecule has 0 spiro atoms. The number of nitrogens with zero attached hydrogens (tertiary/aromatic N) is 3. The molecule has 1 fully saturated rings. The first-order valence-electron chi connectivity index (χ1n) is 9.37. The first-order chi connectivity index (χ1) is 13.0. The van der Waals surface area contributed by atoms with E-state index in [4.69, 9.17) is 0 Å². The summed E-state index contributed by atoms with van der Waals surface area (Å²) in [6, 6.07) is 5.25. The van der Waals surface area contributed by atoms with Gasteiger partial charge in [-0.1, -0.05) is 0 Å². The Morgan fingerprint density at radius 1 is 1.07 bits per heavy atom. The summed E-state index contributed by atoms with van der Waals surface area (Å²) in [5, 5.41) is 2.93. The molecule has 1 aliphatic heterocycles. The third-order valence-corrected chi connectivity index (χ3v) is 4.42. The number of hydrogen-bond donors (Lipinski definition) is 1. The fourth-order valence-electron chi connectivity index (χ4n) is 3.00. The van der Waals surface area contributed by atoms with Crippen molar-refractivity contribution in [3.05, 3.63) is 35.6 Å². The summed E-state index contributed by atoms with van der Waals surface area (Å²) >= 11 is 0. The van der Waals surface area contributed by atoms with Gasteiger partial charge in [0.2, 0.25) is 11.8 Å². The Kier molecular flexibility index (Phi) is 7.12. The van der Waals surface area contributed by atoms with Gasteiger partial charge in [0.1, 0.15) is 5.82 Å². The molecule has 154 valence electrons. The summed E-state index contributed by atoms with van der Waals surface area (Å²) in [6.07, 6.45) is 0. The minimum atomic E-state index is -0.413. The molecule has 28 heavy (non-hydrogen) atoms. The lowest BCUT2D eigenvalue weighted by Crippen LogP contribution is -2.54. The van der Waals surface area contributed by atoms with Gasteiger partial charge < -0.3 is 15.1 Å². The third kappa shape index (κ3) is 6.60. The smallest absolute Gasteiger partial charge is 0.254 e. The van der Waals surface area contributed by atoms with Gasteiger partial charge in [-0.05, 0) is 45.0 Å². The van der Waals surface area contributed by atoms with E-state index in [1.54, 1.807) is 11.9 Å². The summed E-state index contributed by atoms with van der Waals surface area (Å²) in [5.74, 6) is -0.913. The van der Waals surface area contributed by atoms with Crippen molar-refractivity contribution in [1.29, 1.82) is 0 Å². The first kappa shape index (κ1) is 21.8. The first-order valence-corrected chi connectivity index (χ1v) is 9.37. The molecule has 0 radical (unpaired) electrons. The second kappa shape index (κ2) is 9.14. The lowest BCUT2D eigenvalue weighted by Gasteiger charge is -2.35. The molecular formula is C20H29FN4O3. The maximum Gasteiger partial charge on any atom is 0.254 e. The van der Waals surface area contributed by atoms with E-state index in [0.717, 1.165) is 0 Å². The quantitative estimate of drug-likeness (QED) is 0.810. The monoisotopic (exact) mass is 392 g/mol. The van der Waals surface area contributed by atoms with E-state index < -0.39 is 5.82 Å². The highest BCUT2D eigenvalue weighted by atomic mass is 19.1. The number of likely N-dealkylation sites (N-methyl/N-ethyl adjacent to an activating group) is 1. The van der Waals surface area contributed by atoms with Crippen LogP contribution in [0.1, 0.15) is 31.1 Å². The zero-order chi connectivity index (χ0) is 20.9. The molecule has 1 aromatic rings. The highest BCUT2D eigenvalue weighted by molar-refractivity contribution is 5.96. The van der Waals surface area contributed by atoms with Gasteiger partial charge in [0.05, 0.1) is 13.1 Å². The zero-order valence-electron chi connectivity index (χ0n) is 17.0. The third-order valence-electron chi connectivity index (χ3n) is 4.42. The van der Waals surface area contributed by atoms with E-state index in [1.165, 1.54) is 29.2 Å². The zero-order valence-corrected chi connectivity index (χ0v) is 17.0. The van der Waals surface area contributed by atoms with Crippen molar-refractivity contribution in [2.45, 2.75) is 26.3 Å². The molecule has 1 aliphatic rings. The maximum atomic E-state index is 13.0. The van der Waals surface area contributed by atoms with Gasteiger partial charge in [0.15, 0.2) is 0 Å². The van der Waals surface area contributed by atoms with E-state index in [1.807, 2.05) is 25.7 Å². The molecule has 0 saturated carbocycles. The van der Waals surface area contributed by atoms with Crippen molar-refractivity contribution >= 4 is 17.7 Å². The van der Waals surface area contributed by atoms with Gasteiger partial charge in [-0.15, -0.1) is 0 Å². The summed E-state index contributed by atoms with van der Waals surface area (Å²) in [6.45, 7) is 8.32. The highest BCUT2D eigenvalue weighted by Crippen LogP contribution is 2.08. The van der Waals surface area contributed by atoms with Crippen LogP contribution in [0.2, 0.25) is 0 Å². The van der Waals surface area contributed by atoms with Crippen LogP contribution in [0.3, 0.4) is 0 Å². The molecular weight excluding hydrogens is 363 g/mol. The average Bonchev–Trinajstić information content (AvgIpc) is 2.60. The average molecular weight is 392 g/mol. The van der Waals surface area contributed by atoms with Crippen molar-refractivity contribution in [3.63, 3.8) is 0 Å². The Morgan fingerprint density at radius 3 is 2.18 bits per heavy atom.